The van der Waals surface area contributed by atoms with Crippen LogP contribution in [0.4, 0.5) is 5.69 Å². The predicted octanol–water partition coefficient (Wildman–Crippen LogP) is 5.42. The molecule has 0 unspecified atom stereocenters. The van der Waals surface area contributed by atoms with Gasteiger partial charge >= 0.3 is 0 Å². The summed E-state index contributed by atoms with van der Waals surface area (Å²) in [7, 11) is 1.52. The molecule has 0 radical (unpaired) electrons. The van der Waals surface area contributed by atoms with Crippen molar-refractivity contribution >= 4 is 61.1 Å². The molecular formula is C17H11Br2ClN2O2. The van der Waals surface area contributed by atoms with Gasteiger partial charge in [-0.2, -0.15) is 5.26 Å². The first-order valence-electron chi connectivity index (χ1n) is 6.66. The molecule has 0 aliphatic heterocycles. The third-order valence-electron chi connectivity index (χ3n) is 2.99. The smallest absolute Gasteiger partial charge is 0.266 e. The molecule has 1 amide bonds. The number of carbonyl (C=O) groups is 1. The summed E-state index contributed by atoms with van der Waals surface area (Å²) in [5.74, 6) is -0.000534. The zero-order valence-electron chi connectivity index (χ0n) is 12.4. The molecule has 0 aliphatic carbocycles. The van der Waals surface area contributed by atoms with Crippen molar-refractivity contribution in [2.45, 2.75) is 0 Å². The minimum Gasteiger partial charge on any atom is -0.495 e. The highest BCUT2D eigenvalue weighted by Gasteiger charge is 2.13. The van der Waals surface area contributed by atoms with Crippen LogP contribution in [0.2, 0.25) is 5.02 Å². The Bertz CT molecular complexity index is 860. The Morgan fingerprint density at radius 2 is 2.08 bits per heavy atom. The van der Waals surface area contributed by atoms with E-state index in [-0.39, 0.29) is 5.57 Å². The van der Waals surface area contributed by atoms with Crippen molar-refractivity contribution < 1.29 is 9.53 Å². The van der Waals surface area contributed by atoms with E-state index in [0.717, 1.165) is 4.47 Å². The third-order valence-corrected chi connectivity index (χ3v) is 4.27. The quantitative estimate of drug-likeness (QED) is 0.480. The molecule has 0 aromatic heterocycles. The van der Waals surface area contributed by atoms with Crippen molar-refractivity contribution in [2.75, 3.05) is 12.4 Å². The summed E-state index contributed by atoms with van der Waals surface area (Å²) in [6.07, 6.45) is 1.47. The molecule has 0 atom stereocenters. The van der Waals surface area contributed by atoms with E-state index in [1.165, 1.54) is 13.2 Å². The van der Waals surface area contributed by atoms with Crippen molar-refractivity contribution in [3.05, 3.63) is 61.5 Å². The van der Waals surface area contributed by atoms with Crippen LogP contribution >= 0.6 is 43.5 Å². The Morgan fingerprint density at radius 3 is 2.71 bits per heavy atom. The molecule has 0 bridgehead atoms. The molecule has 0 saturated carbocycles. The van der Waals surface area contributed by atoms with Crippen LogP contribution in [0.5, 0.6) is 5.75 Å². The number of benzene rings is 2. The molecule has 2 aromatic carbocycles. The number of carbonyl (C=O) groups excluding carboxylic acids is 1. The predicted molar refractivity (Wildman–Crippen MR) is 102 cm³/mol. The summed E-state index contributed by atoms with van der Waals surface area (Å²) < 4.78 is 6.81. The summed E-state index contributed by atoms with van der Waals surface area (Å²) in [6.45, 7) is 0. The van der Waals surface area contributed by atoms with Crippen LogP contribution in [0, 0.1) is 11.3 Å². The largest absolute Gasteiger partial charge is 0.495 e. The first-order valence-corrected chi connectivity index (χ1v) is 8.62. The van der Waals surface area contributed by atoms with Gasteiger partial charge in [-0.1, -0.05) is 33.6 Å². The Balaban J connectivity index is 2.36. The Labute approximate surface area is 161 Å². The molecule has 7 heteroatoms. The maximum Gasteiger partial charge on any atom is 0.266 e. The lowest BCUT2D eigenvalue weighted by Gasteiger charge is -2.09. The zero-order valence-corrected chi connectivity index (χ0v) is 16.4. The molecule has 1 N–H and O–H groups in total. The number of anilines is 1. The standard InChI is InChI=1S/C17H11Br2ClN2O2/c1-24-16-10(6-12(18)7-15(16)19)5-11(9-21)17(23)22-14-4-2-3-13(20)8-14/h2-8H,1H3,(H,22,23)/b11-5+. The van der Waals surface area contributed by atoms with Crippen LogP contribution in [-0.4, -0.2) is 13.0 Å². The highest BCUT2D eigenvalue weighted by atomic mass is 79.9. The minimum absolute atomic E-state index is 0.0572. The lowest BCUT2D eigenvalue weighted by molar-refractivity contribution is -0.112. The van der Waals surface area contributed by atoms with Crippen LogP contribution < -0.4 is 10.1 Å². The number of amides is 1. The normalized spacial score (nSPS) is 10.9. The van der Waals surface area contributed by atoms with Crippen LogP contribution in [-0.2, 0) is 4.79 Å². The number of methoxy groups -OCH3 is 1. The molecule has 0 aliphatic rings. The van der Waals surface area contributed by atoms with E-state index in [1.54, 1.807) is 30.3 Å². The molecule has 0 spiro atoms. The lowest BCUT2D eigenvalue weighted by atomic mass is 10.1. The Kier molecular flexibility index (Phi) is 6.44. The Morgan fingerprint density at radius 1 is 1.33 bits per heavy atom. The average molecular weight is 471 g/mol. The van der Waals surface area contributed by atoms with Crippen molar-refractivity contribution in [3.63, 3.8) is 0 Å². The van der Waals surface area contributed by atoms with E-state index in [0.29, 0.717) is 26.5 Å². The van der Waals surface area contributed by atoms with Gasteiger partial charge in [0, 0.05) is 20.7 Å². The number of rotatable bonds is 4. The van der Waals surface area contributed by atoms with Gasteiger partial charge in [0.25, 0.3) is 5.91 Å². The minimum atomic E-state index is -0.530. The lowest BCUT2D eigenvalue weighted by Crippen LogP contribution is -2.13. The van der Waals surface area contributed by atoms with Gasteiger partial charge in [0.2, 0.25) is 0 Å². The number of nitriles is 1. The molecule has 2 rings (SSSR count). The fourth-order valence-electron chi connectivity index (χ4n) is 1.97. The maximum absolute atomic E-state index is 12.3. The van der Waals surface area contributed by atoms with Gasteiger partial charge in [0.1, 0.15) is 17.4 Å². The average Bonchev–Trinajstić information content (AvgIpc) is 2.52. The number of nitrogens with one attached hydrogen (secondary N) is 1. The summed E-state index contributed by atoms with van der Waals surface area (Å²) in [5.41, 5.74) is 1.05. The van der Waals surface area contributed by atoms with E-state index < -0.39 is 5.91 Å². The molecule has 0 saturated heterocycles. The van der Waals surface area contributed by atoms with Gasteiger partial charge in [0.15, 0.2) is 0 Å². The van der Waals surface area contributed by atoms with Gasteiger partial charge in [-0.25, -0.2) is 0 Å². The fourth-order valence-corrected chi connectivity index (χ4v) is 3.58. The summed E-state index contributed by atoms with van der Waals surface area (Å²) in [5, 5.41) is 12.5. The molecule has 0 heterocycles. The zero-order chi connectivity index (χ0) is 17.7. The number of hydrogen-bond donors (Lipinski definition) is 1. The highest BCUT2D eigenvalue weighted by Crippen LogP contribution is 2.34. The van der Waals surface area contributed by atoms with Gasteiger partial charge in [-0.05, 0) is 52.3 Å². The van der Waals surface area contributed by atoms with E-state index in [4.69, 9.17) is 16.3 Å². The van der Waals surface area contributed by atoms with E-state index >= 15 is 0 Å². The molecular weight excluding hydrogens is 459 g/mol. The number of ether oxygens (including phenoxy) is 1. The maximum atomic E-state index is 12.3. The summed E-state index contributed by atoms with van der Waals surface area (Å²) in [4.78, 5) is 12.3. The second-order valence-corrected chi connectivity index (χ2v) is 6.85. The topological polar surface area (TPSA) is 62.1 Å². The molecule has 122 valence electrons. The van der Waals surface area contributed by atoms with Gasteiger partial charge in [-0.3, -0.25) is 4.79 Å². The van der Waals surface area contributed by atoms with Gasteiger partial charge in [-0.15, -0.1) is 0 Å². The number of halogens is 3. The van der Waals surface area contributed by atoms with Crippen molar-refractivity contribution in [3.8, 4) is 11.8 Å². The van der Waals surface area contributed by atoms with Crippen molar-refractivity contribution in [2.24, 2.45) is 0 Å². The molecule has 0 fully saturated rings. The molecule has 2 aromatic rings. The fraction of sp³-hybridized carbons (Fsp3) is 0.0588. The third kappa shape index (κ3) is 4.60. The van der Waals surface area contributed by atoms with Crippen LogP contribution in [0.15, 0.2) is 50.9 Å². The van der Waals surface area contributed by atoms with Crippen LogP contribution in [0.25, 0.3) is 6.08 Å². The van der Waals surface area contributed by atoms with Crippen molar-refractivity contribution in [1.82, 2.24) is 0 Å². The summed E-state index contributed by atoms with van der Waals surface area (Å²) in [6, 6.07) is 12.2. The van der Waals surface area contributed by atoms with E-state index in [1.807, 2.05) is 12.1 Å². The summed E-state index contributed by atoms with van der Waals surface area (Å²) >= 11 is 12.6. The van der Waals surface area contributed by atoms with Crippen LogP contribution in [0.1, 0.15) is 5.56 Å². The first kappa shape index (κ1) is 18.5. The molecule has 24 heavy (non-hydrogen) atoms. The number of nitrogens with zero attached hydrogens (tertiary/aromatic N) is 1. The monoisotopic (exact) mass is 468 g/mol. The Hall–Kier alpha value is -1.81. The van der Waals surface area contributed by atoms with Gasteiger partial charge < -0.3 is 10.1 Å². The van der Waals surface area contributed by atoms with E-state index in [9.17, 15) is 10.1 Å². The number of hydrogen-bond acceptors (Lipinski definition) is 3. The van der Waals surface area contributed by atoms with Gasteiger partial charge in [0.05, 0.1) is 11.6 Å². The van der Waals surface area contributed by atoms with E-state index in [2.05, 4.69) is 37.2 Å². The SMILES string of the molecule is COc1c(Br)cc(Br)cc1/C=C(\C#N)C(=O)Nc1cccc(Cl)c1. The first-order chi connectivity index (χ1) is 11.4. The molecule has 4 nitrogen and oxygen atoms in total. The van der Waals surface area contributed by atoms with Crippen molar-refractivity contribution in [1.29, 1.82) is 5.26 Å². The second-order valence-electron chi connectivity index (χ2n) is 4.64. The van der Waals surface area contributed by atoms with Crippen LogP contribution in [0.3, 0.4) is 0 Å². The highest BCUT2D eigenvalue weighted by molar-refractivity contribution is 9.11. The second kappa shape index (κ2) is 8.34.